The van der Waals surface area contributed by atoms with Crippen LogP contribution in [0.15, 0.2) is 12.1 Å². The summed E-state index contributed by atoms with van der Waals surface area (Å²) in [6, 6.07) is -3.61. The fraction of sp³-hybridized carbons (Fsp3) is 0.625. The van der Waals surface area contributed by atoms with Crippen LogP contribution in [-0.4, -0.2) is 37.3 Å². The Bertz CT molecular complexity index is 482. The van der Waals surface area contributed by atoms with E-state index in [9.17, 15) is 53.1 Å². The van der Waals surface area contributed by atoms with Crippen LogP contribution in [-0.2, 0) is 19.0 Å². The largest absolute Gasteiger partial charge is 0.496 e. The van der Waals surface area contributed by atoms with Gasteiger partial charge in [-0.05, 0) is 0 Å². The van der Waals surface area contributed by atoms with Crippen molar-refractivity contribution < 1.29 is 67.3 Å². The molecule has 0 amide bonds. The van der Waals surface area contributed by atoms with E-state index in [1.165, 1.54) is 0 Å². The predicted molar refractivity (Wildman–Crippen MR) is 44.3 cm³/mol. The molecule has 0 heterocycles. The quantitative estimate of drug-likeness (QED) is 0.389. The molecule has 0 atom stereocenters. The van der Waals surface area contributed by atoms with Gasteiger partial charge < -0.3 is 9.47 Å². The van der Waals surface area contributed by atoms with Gasteiger partial charge in [-0.3, -0.25) is 0 Å². The zero-order valence-electron chi connectivity index (χ0n) is 10.3. The van der Waals surface area contributed by atoms with Crippen LogP contribution in [0.4, 0.5) is 48.3 Å². The predicted octanol–water partition coefficient (Wildman–Crippen LogP) is 3.64. The van der Waals surface area contributed by atoms with Crippen LogP contribution in [0, 0.1) is 0 Å². The Morgan fingerprint density at radius 3 is 1.57 bits per heavy atom. The van der Waals surface area contributed by atoms with Crippen LogP contribution in [0.2, 0.25) is 0 Å². The van der Waals surface area contributed by atoms with Crippen molar-refractivity contribution in [3.8, 4) is 0 Å². The van der Waals surface area contributed by atoms with E-state index in [0.717, 1.165) is 0 Å². The molecule has 0 aliphatic rings. The van der Waals surface area contributed by atoms with Crippen molar-refractivity contribution in [1.82, 2.24) is 0 Å². The normalized spacial score (nSPS) is 13.6. The number of alkyl halides is 8. The molecule has 0 aliphatic heterocycles. The third-order valence-corrected chi connectivity index (χ3v) is 1.77. The van der Waals surface area contributed by atoms with Crippen LogP contribution >= 0.6 is 0 Å². The maximum atomic E-state index is 12.8. The van der Waals surface area contributed by atoms with Crippen LogP contribution in [0.25, 0.3) is 0 Å². The summed E-state index contributed by atoms with van der Waals surface area (Å²) in [5, 5.41) is 0. The highest BCUT2D eigenvalue weighted by molar-refractivity contribution is 5.78. The van der Waals surface area contributed by atoms with E-state index >= 15 is 0 Å². The second kappa shape index (κ2) is 6.37. The highest BCUT2D eigenvalue weighted by Crippen LogP contribution is 2.46. The van der Waals surface area contributed by atoms with E-state index < -0.39 is 42.3 Å². The van der Waals surface area contributed by atoms with Gasteiger partial charge in [-0.1, -0.05) is 0 Å². The Balaban J connectivity index is 5.53. The molecule has 0 saturated carbocycles. The molecule has 23 heavy (non-hydrogen) atoms. The number of methoxy groups -OCH3 is 1. The van der Waals surface area contributed by atoms with Gasteiger partial charge in [-0.25, -0.2) is 9.53 Å². The lowest BCUT2D eigenvalue weighted by Gasteiger charge is -2.30. The summed E-state index contributed by atoms with van der Waals surface area (Å²) in [5.74, 6) is -9.33. The van der Waals surface area contributed by atoms with Crippen molar-refractivity contribution in [2.75, 3.05) is 7.11 Å². The van der Waals surface area contributed by atoms with E-state index in [0.29, 0.717) is 0 Å². The lowest BCUT2D eigenvalue weighted by atomic mass is 10.3. The van der Waals surface area contributed by atoms with Crippen molar-refractivity contribution >= 4 is 5.97 Å². The minimum Gasteiger partial charge on any atom is -0.464 e. The number of esters is 1. The maximum Gasteiger partial charge on any atom is 0.496 e. The van der Waals surface area contributed by atoms with Crippen LogP contribution in [0.5, 0.6) is 0 Å². The molecule has 15 heteroatoms. The number of carbonyl (C=O) groups excluding carboxylic acids is 1. The first kappa shape index (κ1) is 21.2. The van der Waals surface area contributed by atoms with E-state index in [1.807, 2.05) is 4.74 Å². The van der Waals surface area contributed by atoms with Crippen molar-refractivity contribution in [2.24, 2.45) is 0 Å². The van der Waals surface area contributed by atoms with Gasteiger partial charge in [0.2, 0.25) is 0 Å². The summed E-state index contributed by atoms with van der Waals surface area (Å²) in [5.41, 5.74) is 0. The van der Waals surface area contributed by atoms with Gasteiger partial charge >= 0.3 is 42.3 Å². The third kappa shape index (κ3) is 4.35. The number of halogens is 11. The summed E-state index contributed by atoms with van der Waals surface area (Å²) in [7, 11) is 0.117. The zero-order valence-corrected chi connectivity index (χ0v) is 10.3. The van der Waals surface area contributed by atoms with E-state index in [-0.39, 0.29) is 7.11 Å². The van der Waals surface area contributed by atoms with Gasteiger partial charge in [0, 0.05) is 0 Å². The standard InChI is InChI=1S/C8H3F11O4/c1-21-4(20)5(12,13)6(14,15)23-8(18,19)7(16,17)22-3(11)2(9)10/h1H3. The van der Waals surface area contributed by atoms with Crippen LogP contribution in [0.3, 0.4) is 0 Å². The second-order valence-corrected chi connectivity index (χ2v) is 3.35. The number of hydrogen-bond donors (Lipinski definition) is 0. The summed E-state index contributed by atoms with van der Waals surface area (Å²) in [4.78, 5) is 10.3. The first-order valence-electron chi connectivity index (χ1n) is 4.71. The first-order chi connectivity index (χ1) is 10.0. The Labute approximate surface area is 118 Å². The molecule has 4 nitrogen and oxygen atoms in total. The van der Waals surface area contributed by atoms with Crippen molar-refractivity contribution in [3.63, 3.8) is 0 Å². The van der Waals surface area contributed by atoms with Crippen molar-refractivity contribution in [3.05, 3.63) is 12.1 Å². The monoisotopic (exact) mass is 372 g/mol. The first-order valence-corrected chi connectivity index (χ1v) is 4.71. The fourth-order valence-electron chi connectivity index (χ4n) is 0.742. The molecule has 0 N–H and O–H groups in total. The minimum atomic E-state index is -6.76. The SMILES string of the molecule is COC(=O)C(F)(F)C(F)(F)OC(F)(F)C(F)(F)OC(F)=C(F)F. The number of carbonyl (C=O) groups is 1. The lowest BCUT2D eigenvalue weighted by molar-refractivity contribution is -0.497. The molecule has 0 unspecified atom stereocenters. The van der Waals surface area contributed by atoms with Crippen molar-refractivity contribution in [2.45, 2.75) is 24.2 Å². The highest BCUT2D eigenvalue weighted by atomic mass is 19.3. The van der Waals surface area contributed by atoms with Gasteiger partial charge in [0.1, 0.15) is 0 Å². The zero-order chi connectivity index (χ0) is 18.9. The molecule has 0 bridgehead atoms. The molecule has 0 spiro atoms. The average Bonchev–Trinajstić information content (AvgIpc) is 2.35. The van der Waals surface area contributed by atoms with Gasteiger partial charge in [0.25, 0.3) is 0 Å². The Morgan fingerprint density at radius 2 is 1.22 bits per heavy atom. The van der Waals surface area contributed by atoms with Gasteiger partial charge in [-0.15, -0.1) is 0 Å². The highest BCUT2D eigenvalue weighted by Gasteiger charge is 2.74. The number of rotatable bonds is 7. The molecule has 0 aromatic rings. The van der Waals surface area contributed by atoms with Crippen LogP contribution < -0.4 is 0 Å². The second-order valence-electron chi connectivity index (χ2n) is 3.35. The Hall–Kier alpha value is -1.80. The molecule has 0 aromatic heterocycles. The molecule has 0 radical (unpaired) electrons. The van der Waals surface area contributed by atoms with Crippen molar-refractivity contribution in [1.29, 1.82) is 0 Å². The molecule has 0 rings (SSSR count). The number of ether oxygens (including phenoxy) is 3. The molecule has 0 saturated heterocycles. The molecular formula is C8H3F11O4. The minimum absolute atomic E-state index is 0.117. The summed E-state index contributed by atoms with van der Waals surface area (Å²) in [6.45, 7) is 0. The van der Waals surface area contributed by atoms with E-state index in [4.69, 9.17) is 0 Å². The fourth-order valence-corrected chi connectivity index (χ4v) is 0.742. The smallest absolute Gasteiger partial charge is 0.464 e. The van der Waals surface area contributed by atoms with Gasteiger partial charge in [-0.2, -0.15) is 48.3 Å². The molecule has 0 aromatic carbocycles. The average molecular weight is 372 g/mol. The maximum absolute atomic E-state index is 12.8. The third-order valence-electron chi connectivity index (χ3n) is 1.77. The van der Waals surface area contributed by atoms with E-state index in [2.05, 4.69) is 9.47 Å². The summed E-state index contributed by atoms with van der Waals surface area (Å²) < 4.78 is 144. The Morgan fingerprint density at radius 1 is 0.783 bits per heavy atom. The van der Waals surface area contributed by atoms with E-state index in [1.54, 1.807) is 0 Å². The summed E-state index contributed by atoms with van der Waals surface area (Å²) >= 11 is 0. The molecule has 0 aliphatic carbocycles. The van der Waals surface area contributed by atoms with Gasteiger partial charge in [0.05, 0.1) is 7.11 Å². The van der Waals surface area contributed by atoms with Gasteiger partial charge in [0.15, 0.2) is 0 Å². The topological polar surface area (TPSA) is 44.8 Å². The Kier molecular flexibility index (Phi) is 5.87. The van der Waals surface area contributed by atoms with Crippen LogP contribution in [0.1, 0.15) is 0 Å². The summed E-state index contributed by atoms with van der Waals surface area (Å²) in [6.07, 6.45) is -23.6. The molecular weight excluding hydrogens is 369 g/mol. The lowest BCUT2D eigenvalue weighted by Crippen LogP contribution is -2.56. The number of hydrogen-bond acceptors (Lipinski definition) is 4. The molecule has 136 valence electrons. The molecule has 0 fully saturated rings.